The number of hydrogen-bond acceptors (Lipinski definition) is 3. The lowest BCUT2D eigenvalue weighted by Crippen LogP contribution is -2.63. The molecule has 2 aliphatic rings. The van der Waals surface area contributed by atoms with Crippen LogP contribution in [0.4, 0.5) is 13.2 Å². The van der Waals surface area contributed by atoms with E-state index < -0.39 is 34.2 Å². The largest absolute Gasteiger partial charge is 0.350 e. The van der Waals surface area contributed by atoms with Crippen molar-refractivity contribution in [1.82, 2.24) is 14.5 Å². The molecule has 0 radical (unpaired) electrons. The van der Waals surface area contributed by atoms with Gasteiger partial charge in [-0.1, -0.05) is 24.6 Å². The van der Waals surface area contributed by atoms with E-state index in [2.05, 4.69) is 10.2 Å². The van der Waals surface area contributed by atoms with Crippen LogP contribution in [0.1, 0.15) is 49.4 Å². The van der Waals surface area contributed by atoms with Crippen molar-refractivity contribution in [3.8, 4) is 0 Å². The minimum atomic E-state index is -2.72. The van der Waals surface area contributed by atoms with E-state index >= 15 is 0 Å². The van der Waals surface area contributed by atoms with Crippen molar-refractivity contribution in [2.75, 3.05) is 38.5 Å². The molecule has 1 aromatic rings. The number of hydrogen-bond donors (Lipinski definition) is 1. The summed E-state index contributed by atoms with van der Waals surface area (Å²) in [5.41, 5.74) is -0.881. The second-order valence-electron chi connectivity index (χ2n) is 8.30. The van der Waals surface area contributed by atoms with Gasteiger partial charge in [-0.15, -0.1) is 0 Å². The molecule has 1 aliphatic carbocycles. The Bertz CT molecular complexity index is 789. The van der Waals surface area contributed by atoms with Crippen molar-refractivity contribution in [3.05, 3.63) is 34.6 Å². The number of nitrogens with zero attached hydrogens (tertiary/aromatic N) is 2. The molecule has 1 aromatic carbocycles. The van der Waals surface area contributed by atoms with Crippen molar-refractivity contribution < 1.29 is 22.2 Å². The van der Waals surface area contributed by atoms with Crippen molar-refractivity contribution in [3.63, 3.8) is 0 Å². The van der Waals surface area contributed by atoms with Gasteiger partial charge >= 0.3 is 0 Å². The Hall–Kier alpha value is -1.16. The smallest absolute Gasteiger partial charge is 0.255 e. The van der Waals surface area contributed by atoms with Crippen LogP contribution in [0, 0.1) is 5.82 Å². The highest BCUT2D eigenvalue weighted by molar-refractivity contribution is 7.82. The monoisotopic (exact) mass is 479 g/mol. The van der Waals surface area contributed by atoms with Gasteiger partial charge in [0.1, 0.15) is 5.82 Å². The second kappa shape index (κ2) is 10.2. The summed E-state index contributed by atoms with van der Waals surface area (Å²) < 4.78 is 56.2. The van der Waals surface area contributed by atoms with E-state index in [0.717, 1.165) is 12.5 Å². The average molecular weight is 480 g/mol. The van der Waals surface area contributed by atoms with E-state index in [1.807, 2.05) is 11.2 Å². The zero-order chi connectivity index (χ0) is 22.6. The number of nitrogens with one attached hydrogen (secondary N) is 1. The highest BCUT2D eigenvalue weighted by Gasteiger charge is 2.47. The van der Waals surface area contributed by atoms with Gasteiger partial charge in [-0.2, -0.15) is 0 Å². The Balaban J connectivity index is 1.71. The number of rotatable bonds is 7. The predicted octanol–water partition coefficient (Wildman–Crippen LogP) is 3.85. The molecule has 2 fully saturated rings. The van der Waals surface area contributed by atoms with Crippen LogP contribution < -0.4 is 5.32 Å². The van der Waals surface area contributed by atoms with E-state index in [-0.39, 0.29) is 42.8 Å². The van der Waals surface area contributed by atoms with Gasteiger partial charge in [0.25, 0.3) is 5.91 Å². The third-order valence-corrected chi connectivity index (χ3v) is 8.27. The zero-order valence-electron chi connectivity index (χ0n) is 17.6. The SMILES string of the molecule is CCCS(=O)N1CCN(C2(CNC(=O)c3c(F)cccc3Cl)CCC(F)(F)CC2)CC1. The highest BCUT2D eigenvalue weighted by Crippen LogP contribution is 2.41. The number of carbonyl (C=O) groups is 1. The Morgan fingerprint density at radius 2 is 1.81 bits per heavy atom. The third kappa shape index (κ3) is 5.80. The molecule has 1 aliphatic heterocycles. The van der Waals surface area contributed by atoms with Gasteiger partial charge < -0.3 is 5.32 Å². The molecule has 174 valence electrons. The van der Waals surface area contributed by atoms with Crippen LogP contribution in [0.25, 0.3) is 0 Å². The van der Waals surface area contributed by atoms with Crippen LogP contribution in [0.15, 0.2) is 18.2 Å². The molecule has 0 bridgehead atoms. The molecule has 1 N–H and O–H groups in total. The normalized spacial score (nSPS) is 22.7. The molecule has 31 heavy (non-hydrogen) atoms. The Labute approximate surface area is 188 Å². The molecule has 1 saturated carbocycles. The molecule has 0 aromatic heterocycles. The fourth-order valence-corrected chi connectivity index (χ4v) is 5.83. The summed E-state index contributed by atoms with van der Waals surface area (Å²) in [6.07, 6.45) is 0.764. The molecule has 0 spiro atoms. The van der Waals surface area contributed by atoms with Crippen LogP contribution in [0.2, 0.25) is 5.02 Å². The predicted molar refractivity (Wildman–Crippen MR) is 116 cm³/mol. The molecule has 1 amide bonds. The van der Waals surface area contributed by atoms with Gasteiger partial charge in [0.2, 0.25) is 5.92 Å². The summed E-state index contributed by atoms with van der Waals surface area (Å²) in [4.78, 5) is 14.8. The molecule has 10 heteroatoms. The van der Waals surface area contributed by atoms with Gasteiger partial charge in [-0.05, 0) is 31.4 Å². The zero-order valence-corrected chi connectivity index (χ0v) is 19.2. The third-order valence-electron chi connectivity index (χ3n) is 6.26. The van der Waals surface area contributed by atoms with E-state index in [1.165, 1.54) is 12.1 Å². The van der Waals surface area contributed by atoms with E-state index in [1.54, 1.807) is 0 Å². The lowest BCUT2D eigenvalue weighted by Gasteiger charge is -2.50. The fourth-order valence-electron chi connectivity index (χ4n) is 4.40. The molecule has 3 rings (SSSR count). The van der Waals surface area contributed by atoms with Gasteiger partial charge in [-0.3, -0.25) is 9.69 Å². The summed E-state index contributed by atoms with van der Waals surface area (Å²) in [6.45, 7) is 4.44. The van der Waals surface area contributed by atoms with Gasteiger partial charge in [-0.25, -0.2) is 21.7 Å². The van der Waals surface area contributed by atoms with Gasteiger partial charge in [0, 0.05) is 56.9 Å². The molecule has 1 unspecified atom stereocenters. The number of halogens is 4. The molecular formula is C21H29ClF3N3O2S. The molecule has 1 saturated heterocycles. The first-order valence-electron chi connectivity index (χ1n) is 10.7. The number of benzene rings is 1. The van der Waals surface area contributed by atoms with E-state index in [0.29, 0.717) is 31.9 Å². The fraction of sp³-hybridized carbons (Fsp3) is 0.667. The Morgan fingerprint density at radius 1 is 1.16 bits per heavy atom. The number of amides is 1. The maximum absolute atomic E-state index is 14.1. The van der Waals surface area contributed by atoms with Crippen LogP contribution in [-0.4, -0.2) is 69.3 Å². The number of alkyl halides is 2. The molecule has 1 heterocycles. The van der Waals surface area contributed by atoms with Crippen molar-refractivity contribution >= 4 is 28.5 Å². The van der Waals surface area contributed by atoms with E-state index in [9.17, 15) is 22.2 Å². The maximum Gasteiger partial charge on any atom is 0.255 e. The topological polar surface area (TPSA) is 52.7 Å². The minimum absolute atomic E-state index is 0.00810. The molecular weight excluding hydrogens is 451 g/mol. The Kier molecular flexibility index (Phi) is 8.05. The standard InChI is InChI=1S/C21H29ClF3N3O2S/c1-2-14-31(30)28-12-10-27(11-13-28)20(6-8-21(24,25)9-7-20)15-26-19(29)18-16(22)4-3-5-17(18)23/h3-5H,2,6-15H2,1H3,(H,26,29). The Morgan fingerprint density at radius 3 is 2.39 bits per heavy atom. The quantitative estimate of drug-likeness (QED) is 0.646. The van der Waals surface area contributed by atoms with Crippen molar-refractivity contribution in [2.24, 2.45) is 0 Å². The molecule has 5 nitrogen and oxygen atoms in total. The summed E-state index contributed by atoms with van der Waals surface area (Å²) in [7, 11) is -1.03. The summed E-state index contributed by atoms with van der Waals surface area (Å²) in [5.74, 6) is -3.48. The van der Waals surface area contributed by atoms with Gasteiger partial charge in [0.15, 0.2) is 0 Å². The highest BCUT2D eigenvalue weighted by atomic mass is 35.5. The lowest BCUT2D eigenvalue weighted by atomic mass is 9.78. The number of piperazine rings is 1. The summed E-state index contributed by atoms with van der Waals surface area (Å²) >= 11 is 5.99. The van der Waals surface area contributed by atoms with Crippen LogP contribution in [-0.2, 0) is 11.0 Å². The second-order valence-corrected chi connectivity index (χ2v) is 10.3. The van der Waals surface area contributed by atoms with Crippen LogP contribution in [0.3, 0.4) is 0 Å². The molecule has 1 atom stereocenters. The lowest BCUT2D eigenvalue weighted by molar-refractivity contribution is -0.0855. The van der Waals surface area contributed by atoms with Crippen molar-refractivity contribution in [2.45, 2.75) is 50.5 Å². The van der Waals surface area contributed by atoms with Crippen molar-refractivity contribution in [1.29, 1.82) is 0 Å². The average Bonchev–Trinajstić information content (AvgIpc) is 2.73. The van der Waals surface area contributed by atoms with Gasteiger partial charge in [0.05, 0.1) is 21.6 Å². The maximum atomic E-state index is 14.1. The van der Waals surface area contributed by atoms with Crippen LogP contribution in [0.5, 0.6) is 0 Å². The number of carbonyl (C=O) groups excluding carboxylic acids is 1. The summed E-state index contributed by atoms with van der Waals surface area (Å²) in [5, 5.41) is 2.75. The van der Waals surface area contributed by atoms with E-state index in [4.69, 9.17) is 11.6 Å². The minimum Gasteiger partial charge on any atom is -0.350 e. The summed E-state index contributed by atoms with van der Waals surface area (Å²) in [6, 6.07) is 4.01. The van der Waals surface area contributed by atoms with Crippen LogP contribution >= 0.6 is 11.6 Å². The first-order valence-corrected chi connectivity index (χ1v) is 12.3. The first kappa shape index (κ1) is 24.5. The first-order chi connectivity index (χ1) is 14.7.